The lowest BCUT2D eigenvalue weighted by Crippen LogP contribution is -2.30. The summed E-state index contributed by atoms with van der Waals surface area (Å²) < 4.78 is 14.4. The number of rotatable bonds is 6. The van der Waals surface area contributed by atoms with Gasteiger partial charge in [0.25, 0.3) is 5.91 Å². The van der Waals surface area contributed by atoms with E-state index in [1.54, 1.807) is 19.1 Å². The number of carbonyl (C=O) groups excluding carboxylic acids is 1. The van der Waals surface area contributed by atoms with Crippen molar-refractivity contribution in [2.24, 2.45) is 0 Å². The van der Waals surface area contributed by atoms with Crippen molar-refractivity contribution in [1.82, 2.24) is 15.2 Å². The average molecular weight is 566 g/mol. The molecule has 1 saturated carbocycles. The number of benzene rings is 2. The maximum atomic E-state index is 14.4. The van der Waals surface area contributed by atoms with Gasteiger partial charge >= 0.3 is 0 Å². The molecule has 1 fully saturated rings. The van der Waals surface area contributed by atoms with Crippen LogP contribution in [0.25, 0.3) is 21.7 Å². The number of nitrogens with one attached hydrogen (secondary N) is 2. The number of halogens is 1. The summed E-state index contributed by atoms with van der Waals surface area (Å²) in [5.41, 5.74) is 7.13. The van der Waals surface area contributed by atoms with Gasteiger partial charge in [0.15, 0.2) is 6.23 Å². The quantitative estimate of drug-likeness (QED) is 0.210. The molecule has 5 aromatic rings. The minimum atomic E-state index is -0.965. The zero-order valence-corrected chi connectivity index (χ0v) is 23.2. The number of aryl methyl sites for hydroxylation is 1. The van der Waals surface area contributed by atoms with E-state index in [1.807, 2.05) is 59.6 Å². The second kappa shape index (κ2) is 10.2. The Morgan fingerprint density at radius 1 is 1.12 bits per heavy atom. The van der Waals surface area contributed by atoms with Gasteiger partial charge in [-0.05, 0) is 67.6 Å². The fourth-order valence-corrected chi connectivity index (χ4v) is 6.68. The van der Waals surface area contributed by atoms with Gasteiger partial charge in [0.2, 0.25) is 0 Å². The molecule has 0 saturated heterocycles. The Kier molecular flexibility index (Phi) is 6.40. The first kappa shape index (κ1) is 25.6. The minimum Gasteiger partial charge on any atom is -0.368 e. The molecule has 4 heterocycles. The van der Waals surface area contributed by atoms with E-state index < -0.39 is 12.0 Å². The molecule has 1 aliphatic carbocycles. The third kappa shape index (κ3) is 4.71. The Morgan fingerprint density at radius 2 is 1.95 bits per heavy atom. The number of amides is 1. The first-order valence-corrected chi connectivity index (χ1v) is 14.5. The number of aliphatic hydroxyl groups is 1. The number of H-pyrrole nitrogens is 1. The van der Waals surface area contributed by atoms with Gasteiger partial charge in [0.1, 0.15) is 5.82 Å². The predicted octanol–water partition coefficient (Wildman–Crippen LogP) is 6.83. The highest BCUT2D eigenvalue weighted by molar-refractivity contribution is 7.17. The number of para-hydroxylation sites is 2. The number of hydrogen-bond donors (Lipinski definition) is 3. The van der Waals surface area contributed by atoms with Gasteiger partial charge in [-0.1, -0.05) is 36.4 Å². The molecule has 9 heteroatoms. The van der Waals surface area contributed by atoms with E-state index in [-0.39, 0.29) is 11.6 Å². The number of thiophene rings is 1. The molecule has 7 nitrogen and oxygen atoms in total. The van der Waals surface area contributed by atoms with E-state index >= 15 is 0 Å². The van der Waals surface area contributed by atoms with Crippen molar-refractivity contribution in [1.29, 1.82) is 0 Å². The summed E-state index contributed by atoms with van der Waals surface area (Å²) in [6.07, 6.45) is 3.77. The molecule has 1 amide bonds. The number of anilines is 2. The third-order valence-corrected chi connectivity index (χ3v) is 9.04. The lowest BCUT2D eigenvalue weighted by Gasteiger charge is -2.30. The Morgan fingerprint density at radius 3 is 2.78 bits per heavy atom. The molecule has 3 N–H and O–H groups in total. The molecule has 0 bridgehead atoms. The van der Waals surface area contributed by atoms with E-state index in [9.17, 15) is 14.3 Å². The summed E-state index contributed by atoms with van der Waals surface area (Å²) in [7, 11) is 0. The molecule has 3 aromatic heterocycles. The molecule has 0 spiro atoms. The van der Waals surface area contributed by atoms with Gasteiger partial charge in [-0.2, -0.15) is 5.10 Å². The number of aromatic amines is 1. The normalized spacial score (nSPS) is 15.1. The third-order valence-electron chi connectivity index (χ3n) is 7.83. The average Bonchev–Trinajstić information content (AvgIpc) is 3.59. The van der Waals surface area contributed by atoms with Gasteiger partial charge in [-0.3, -0.25) is 9.89 Å². The number of aliphatic hydroxyl groups excluding tert-OH is 1. The summed E-state index contributed by atoms with van der Waals surface area (Å²) in [5, 5.41) is 21.8. The summed E-state index contributed by atoms with van der Waals surface area (Å²) in [4.78, 5) is 21.5. The van der Waals surface area contributed by atoms with Crippen molar-refractivity contribution in [2.45, 2.75) is 38.3 Å². The molecule has 0 radical (unpaired) electrons. The highest BCUT2D eigenvalue weighted by Gasteiger charge is 2.30. The van der Waals surface area contributed by atoms with Crippen molar-refractivity contribution in [3.63, 3.8) is 0 Å². The van der Waals surface area contributed by atoms with Crippen molar-refractivity contribution in [3.05, 3.63) is 106 Å². The second-order valence-electron chi connectivity index (χ2n) is 10.6. The minimum absolute atomic E-state index is 0.199. The van der Waals surface area contributed by atoms with Crippen LogP contribution >= 0.6 is 11.3 Å². The number of hydrogen-bond acceptors (Lipinski definition) is 6. The van der Waals surface area contributed by atoms with Gasteiger partial charge in [0, 0.05) is 39.8 Å². The molecule has 7 rings (SSSR count). The monoisotopic (exact) mass is 565 g/mol. The molecular weight excluding hydrogens is 537 g/mol. The number of aromatic nitrogens is 3. The zero-order valence-electron chi connectivity index (χ0n) is 22.4. The summed E-state index contributed by atoms with van der Waals surface area (Å²) in [6, 6.07) is 20.2. The van der Waals surface area contributed by atoms with Crippen LogP contribution in [-0.2, 0) is 6.42 Å². The maximum Gasteiger partial charge on any atom is 0.265 e. The van der Waals surface area contributed by atoms with Crippen LogP contribution < -0.4 is 10.2 Å². The summed E-state index contributed by atoms with van der Waals surface area (Å²) >= 11 is 1.38. The van der Waals surface area contributed by atoms with Gasteiger partial charge < -0.3 is 15.3 Å². The number of nitrogens with zero attached hydrogens (tertiary/aromatic N) is 3. The molecule has 1 aliphatic heterocycles. The van der Waals surface area contributed by atoms with Crippen LogP contribution in [0.5, 0.6) is 0 Å². The van der Waals surface area contributed by atoms with Gasteiger partial charge in [0.05, 0.1) is 28.1 Å². The molecular formula is C32H28FN5O2S. The smallest absolute Gasteiger partial charge is 0.265 e. The largest absolute Gasteiger partial charge is 0.368 e. The van der Waals surface area contributed by atoms with Crippen molar-refractivity contribution < 1.29 is 14.3 Å². The lowest BCUT2D eigenvalue weighted by molar-refractivity contribution is 0.103. The Bertz CT molecular complexity index is 1760. The van der Waals surface area contributed by atoms with Gasteiger partial charge in [-0.15, -0.1) is 11.3 Å². The highest BCUT2D eigenvalue weighted by atomic mass is 32.1. The Hall–Kier alpha value is -4.34. The predicted molar refractivity (Wildman–Crippen MR) is 159 cm³/mol. The Labute approximate surface area is 240 Å². The number of pyridine rings is 1. The molecule has 206 valence electrons. The topological polar surface area (TPSA) is 94.1 Å². The Balaban J connectivity index is 1.19. The van der Waals surface area contributed by atoms with E-state index in [1.165, 1.54) is 17.4 Å². The van der Waals surface area contributed by atoms with E-state index in [0.29, 0.717) is 35.0 Å². The first-order chi connectivity index (χ1) is 20.0. The van der Waals surface area contributed by atoms with Crippen molar-refractivity contribution in [2.75, 3.05) is 16.8 Å². The maximum absolute atomic E-state index is 14.4. The van der Waals surface area contributed by atoms with Crippen LogP contribution in [0.4, 0.5) is 15.8 Å². The van der Waals surface area contributed by atoms with E-state index in [4.69, 9.17) is 4.98 Å². The molecule has 41 heavy (non-hydrogen) atoms. The van der Waals surface area contributed by atoms with Crippen LogP contribution in [0.1, 0.15) is 57.2 Å². The standard InChI is InChI=1S/C32H28FN5O2S/c1-18-6-4-8-23(33)28(18)36-31(39)27-16-20-14-15-38(26-11-3-2-7-21(26)30(20)41-27)32(40)25-10-5-9-24(35-25)22-17-34-37-29(22)19-12-13-19/h2-11,16-17,19,32,40H,12-15H2,1H3,(H,34,37)(H,36,39). The van der Waals surface area contributed by atoms with E-state index in [0.717, 1.165) is 51.5 Å². The zero-order chi connectivity index (χ0) is 28.1. The summed E-state index contributed by atoms with van der Waals surface area (Å²) in [6.45, 7) is 2.30. The fraction of sp³-hybridized carbons (Fsp3) is 0.219. The molecule has 2 aromatic carbocycles. The number of carbonyl (C=O) groups is 1. The van der Waals surface area contributed by atoms with E-state index in [2.05, 4.69) is 15.5 Å². The SMILES string of the molecule is Cc1cccc(F)c1NC(=O)c1cc2c(s1)-c1ccccc1N(C(O)c1cccc(-c3cn[nH]c3C3CC3)n1)CC2. The van der Waals surface area contributed by atoms with Crippen LogP contribution in [0.3, 0.4) is 0 Å². The van der Waals surface area contributed by atoms with Crippen LogP contribution in [0, 0.1) is 12.7 Å². The van der Waals surface area contributed by atoms with Crippen LogP contribution in [0.2, 0.25) is 0 Å². The van der Waals surface area contributed by atoms with Gasteiger partial charge in [-0.25, -0.2) is 9.37 Å². The molecule has 2 aliphatic rings. The first-order valence-electron chi connectivity index (χ1n) is 13.7. The number of fused-ring (bicyclic) bond motifs is 3. The van der Waals surface area contributed by atoms with Crippen molar-refractivity contribution in [3.8, 4) is 21.7 Å². The fourth-order valence-electron chi connectivity index (χ4n) is 5.54. The molecule has 1 unspecified atom stereocenters. The van der Waals surface area contributed by atoms with Crippen LogP contribution in [-0.4, -0.2) is 32.7 Å². The lowest BCUT2D eigenvalue weighted by atomic mass is 10.1. The van der Waals surface area contributed by atoms with Crippen molar-refractivity contribution >= 4 is 28.6 Å². The highest BCUT2D eigenvalue weighted by Crippen LogP contribution is 2.45. The summed E-state index contributed by atoms with van der Waals surface area (Å²) in [5.74, 6) is -0.292. The molecule has 1 atom stereocenters. The van der Waals surface area contributed by atoms with Crippen LogP contribution in [0.15, 0.2) is 72.9 Å². The second-order valence-corrected chi connectivity index (χ2v) is 11.7.